The molecular weight excluding hydrogens is 340 g/mol. The van der Waals surface area contributed by atoms with Crippen LogP contribution in [-0.4, -0.2) is 72.5 Å². The minimum atomic E-state index is -0.100. The monoisotopic (exact) mass is 372 g/mol. The summed E-state index contributed by atoms with van der Waals surface area (Å²) in [5, 5.41) is 3.03. The number of anilines is 1. The molecule has 0 bridgehead atoms. The van der Waals surface area contributed by atoms with Crippen molar-refractivity contribution in [1.82, 2.24) is 14.7 Å². The summed E-state index contributed by atoms with van der Waals surface area (Å²) in [7, 11) is 3.45. The summed E-state index contributed by atoms with van der Waals surface area (Å²) in [5.74, 6) is -0.100. The minimum Gasteiger partial charge on any atom is -0.345 e. The van der Waals surface area contributed by atoms with E-state index in [2.05, 4.69) is 22.0 Å². The van der Waals surface area contributed by atoms with Gasteiger partial charge in [-0.15, -0.1) is 0 Å². The van der Waals surface area contributed by atoms with Crippen LogP contribution in [-0.2, 0) is 0 Å². The largest absolute Gasteiger partial charge is 0.345 e. The van der Waals surface area contributed by atoms with Crippen molar-refractivity contribution in [2.45, 2.75) is 51.1 Å². The Hall–Kier alpha value is -2.08. The van der Waals surface area contributed by atoms with Crippen LogP contribution in [0.25, 0.3) is 0 Å². The maximum atomic E-state index is 13.1. The molecule has 1 aromatic rings. The molecule has 0 radical (unpaired) electrons. The van der Waals surface area contributed by atoms with Crippen molar-refractivity contribution < 1.29 is 9.59 Å². The van der Waals surface area contributed by atoms with Crippen molar-refractivity contribution >= 4 is 17.6 Å². The Morgan fingerprint density at radius 1 is 1.07 bits per heavy atom. The summed E-state index contributed by atoms with van der Waals surface area (Å²) in [6.45, 7) is 5.47. The van der Waals surface area contributed by atoms with Crippen molar-refractivity contribution in [2.24, 2.45) is 0 Å². The molecule has 27 heavy (non-hydrogen) atoms. The van der Waals surface area contributed by atoms with Crippen molar-refractivity contribution in [3.05, 3.63) is 29.8 Å². The van der Waals surface area contributed by atoms with E-state index in [0.29, 0.717) is 23.3 Å². The molecule has 1 saturated carbocycles. The first-order valence-corrected chi connectivity index (χ1v) is 10.1. The maximum Gasteiger partial charge on any atom is 0.322 e. The molecule has 1 aliphatic heterocycles. The molecule has 1 heterocycles. The topological polar surface area (TPSA) is 55.9 Å². The summed E-state index contributed by atoms with van der Waals surface area (Å²) in [6, 6.07) is 7.84. The third-order valence-electron chi connectivity index (χ3n) is 5.47. The van der Waals surface area contributed by atoms with E-state index in [1.54, 1.807) is 20.2 Å². The molecule has 1 N–H and O–H groups in total. The Labute approximate surface area is 162 Å². The first-order valence-electron chi connectivity index (χ1n) is 10.1. The molecule has 1 aliphatic carbocycles. The molecule has 0 aromatic heterocycles. The molecule has 0 atom stereocenters. The van der Waals surface area contributed by atoms with E-state index in [1.165, 1.54) is 11.3 Å². The molecule has 3 rings (SSSR count). The van der Waals surface area contributed by atoms with Gasteiger partial charge in [0.1, 0.15) is 0 Å². The highest BCUT2D eigenvalue weighted by molar-refractivity contribution is 6.03. The number of benzene rings is 1. The summed E-state index contributed by atoms with van der Waals surface area (Å²) >= 11 is 0. The average Bonchev–Trinajstić information content (AvgIpc) is 3.48. The van der Waals surface area contributed by atoms with Crippen molar-refractivity contribution in [1.29, 1.82) is 0 Å². The fraction of sp³-hybridized carbons (Fsp3) is 0.619. The van der Waals surface area contributed by atoms with E-state index in [1.807, 2.05) is 18.2 Å². The van der Waals surface area contributed by atoms with Crippen LogP contribution in [0.1, 0.15) is 49.4 Å². The lowest BCUT2D eigenvalue weighted by Crippen LogP contribution is -2.50. The summed E-state index contributed by atoms with van der Waals surface area (Å²) in [4.78, 5) is 31.6. The van der Waals surface area contributed by atoms with Gasteiger partial charge in [0.2, 0.25) is 0 Å². The van der Waals surface area contributed by atoms with E-state index in [-0.39, 0.29) is 11.9 Å². The number of carbonyl (C=O) groups is 2. The van der Waals surface area contributed by atoms with Crippen LogP contribution >= 0.6 is 0 Å². The number of nitrogens with zero attached hydrogens (tertiary/aromatic N) is 3. The number of para-hydroxylation sites is 1. The maximum absolute atomic E-state index is 13.1. The highest BCUT2D eigenvalue weighted by Crippen LogP contribution is 2.33. The fourth-order valence-corrected chi connectivity index (χ4v) is 3.92. The zero-order chi connectivity index (χ0) is 19.4. The van der Waals surface area contributed by atoms with Gasteiger partial charge >= 0.3 is 6.03 Å². The van der Waals surface area contributed by atoms with Crippen molar-refractivity contribution in [3.8, 4) is 0 Å². The average molecular weight is 373 g/mol. The summed E-state index contributed by atoms with van der Waals surface area (Å²) in [6.07, 6.45) is 5.40. The number of nitrogens with one attached hydrogen (secondary N) is 1. The van der Waals surface area contributed by atoms with Crippen LogP contribution in [0.4, 0.5) is 10.5 Å². The second kappa shape index (κ2) is 8.74. The Balaban J connectivity index is 1.70. The van der Waals surface area contributed by atoms with Gasteiger partial charge in [0.25, 0.3) is 5.91 Å². The lowest BCUT2D eigenvalue weighted by molar-refractivity contribution is 0.0828. The van der Waals surface area contributed by atoms with Crippen LogP contribution in [0.15, 0.2) is 24.3 Å². The molecule has 0 spiro atoms. The van der Waals surface area contributed by atoms with Crippen LogP contribution in [0.2, 0.25) is 0 Å². The third-order valence-corrected chi connectivity index (χ3v) is 5.47. The zero-order valence-electron chi connectivity index (χ0n) is 16.8. The van der Waals surface area contributed by atoms with Crippen LogP contribution in [0.3, 0.4) is 0 Å². The van der Waals surface area contributed by atoms with Crippen LogP contribution in [0.5, 0.6) is 0 Å². The first-order chi connectivity index (χ1) is 13.0. The molecule has 3 amide bonds. The Bertz CT molecular complexity index is 664. The Morgan fingerprint density at radius 3 is 2.30 bits per heavy atom. The van der Waals surface area contributed by atoms with E-state index in [9.17, 15) is 9.59 Å². The predicted molar refractivity (Wildman–Crippen MR) is 108 cm³/mol. The second-order valence-corrected chi connectivity index (χ2v) is 7.89. The number of amides is 3. The molecule has 2 fully saturated rings. The standard InChI is InChI=1S/C21H32N4O2/c1-4-13-24-14-11-17(12-15-24)25(16-9-10-16)21(27)22-19-8-6-5-7-18(19)20(26)23(2)3/h5-8,16-17H,4,9-15H2,1-3H3,(H,22,27). The smallest absolute Gasteiger partial charge is 0.322 e. The molecular formula is C21H32N4O2. The highest BCUT2D eigenvalue weighted by Gasteiger charge is 2.38. The summed E-state index contributed by atoms with van der Waals surface area (Å²) < 4.78 is 0. The van der Waals surface area contributed by atoms with Crippen LogP contribution in [0, 0.1) is 0 Å². The number of urea groups is 1. The van der Waals surface area contributed by atoms with Gasteiger partial charge in [-0.05, 0) is 50.8 Å². The normalized spacial score (nSPS) is 18.2. The molecule has 1 aromatic carbocycles. The quantitative estimate of drug-likeness (QED) is 0.834. The minimum absolute atomic E-state index is 0.0644. The highest BCUT2D eigenvalue weighted by atomic mass is 16.2. The number of rotatable bonds is 6. The SMILES string of the molecule is CCCN1CCC(N(C(=O)Nc2ccccc2C(=O)N(C)C)C2CC2)CC1. The van der Waals surface area contributed by atoms with E-state index in [0.717, 1.165) is 45.3 Å². The molecule has 148 valence electrons. The van der Waals surface area contributed by atoms with Gasteiger partial charge in [0.05, 0.1) is 11.3 Å². The lowest BCUT2D eigenvalue weighted by Gasteiger charge is -2.38. The third kappa shape index (κ3) is 4.80. The van der Waals surface area contributed by atoms with Gasteiger partial charge < -0.3 is 20.0 Å². The molecule has 2 aliphatic rings. The predicted octanol–water partition coefficient (Wildman–Crippen LogP) is 3.26. The number of piperidine rings is 1. The molecule has 1 saturated heterocycles. The van der Waals surface area contributed by atoms with Crippen molar-refractivity contribution in [3.63, 3.8) is 0 Å². The number of likely N-dealkylation sites (tertiary alicyclic amines) is 1. The van der Waals surface area contributed by atoms with Gasteiger partial charge in [0.15, 0.2) is 0 Å². The fourth-order valence-electron chi connectivity index (χ4n) is 3.92. The van der Waals surface area contributed by atoms with Gasteiger partial charge in [-0.25, -0.2) is 4.79 Å². The van der Waals surface area contributed by atoms with Gasteiger partial charge in [-0.1, -0.05) is 19.1 Å². The molecule has 6 nitrogen and oxygen atoms in total. The van der Waals surface area contributed by atoms with Crippen molar-refractivity contribution in [2.75, 3.05) is 39.0 Å². The van der Waals surface area contributed by atoms with E-state index in [4.69, 9.17) is 0 Å². The Morgan fingerprint density at radius 2 is 1.70 bits per heavy atom. The van der Waals surface area contributed by atoms with Gasteiger partial charge in [0, 0.05) is 39.3 Å². The second-order valence-electron chi connectivity index (χ2n) is 7.89. The van der Waals surface area contributed by atoms with E-state index >= 15 is 0 Å². The number of carbonyl (C=O) groups excluding carboxylic acids is 2. The van der Waals surface area contributed by atoms with Gasteiger partial charge in [-0.3, -0.25) is 4.79 Å². The number of hydrogen-bond acceptors (Lipinski definition) is 3. The Kier molecular flexibility index (Phi) is 6.37. The number of hydrogen-bond donors (Lipinski definition) is 1. The molecule has 6 heteroatoms. The zero-order valence-corrected chi connectivity index (χ0v) is 16.8. The van der Waals surface area contributed by atoms with Crippen LogP contribution < -0.4 is 5.32 Å². The first kappa shape index (κ1) is 19.7. The molecule has 0 unspecified atom stereocenters. The van der Waals surface area contributed by atoms with Gasteiger partial charge in [-0.2, -0.15) is 0 Å². The van der Waals surface area contributed by atoms with E-state index < -0.39 is 0 Å². The summed E-state index contributed by atoms with van der Waals surface area (Å²) in [5.41, 5.74) is 1.12. The lowest BCUT2D eigenvalue weighted by atomic mass is 10.0.